The lowest BCUT2D eigenvalue weighted by atomic mass is 10.2. The van der Waals surface area contributed by atoms with Gasteiger partial charge in [-0.15, -0.1) is 0 Å². The SMILES string of the molecule is CN(C)Cc1cccc(OBOc2cccc(CN(C)C)c2)c1. The summed E-state index contributed by atoms with van der Waals surface area (Å²) in [6.07, 6.45) is 0. The molecule has 0 aliphatic rings. The second-order valence-corrected chi connectivity index (χ2v) is 6.18. The standard InChI is InChI=1S/C18H25BN2O2/c1-20(2)13-15-7-5-9-17(11-15)22-19-23-18-10-6-8-16(12-18)14-21(3)4/h5-12,19H,13-14H2,1-4H3. The van der Waals surface area contributed by atoms with Crippen LogP contribution in [0.5, 0.6) is 11.5 Å². The molecular formula is C18H25BN2O2. The molecule has 0 radical (unpaired) electrons. The minimum atomic E-state index is 0.205. The minimum Gasteiger partial charge on any atom is -0.529 e. The fourth-order valence-corrected chi connectivity index (χ4v) is 2.36. The molecule has 5 heteroatoms. The Balaban J connectivity index is 1.87. The van der Waals surface area contributed by atoms with Crippen LogP contribution in [0.15, 0.2) is 48.5 Å². The van der Waals surface area contributed by atoms with E-state index in [-0.39, 0.29) is 7.69 Å². The van der Waals surface area contributed by atoms with E-state index in [2.05, 4.69) is 50.1 Å². The Bertz CT molecular complexity index is 564. The third kappa shape index (κ3) is 6.34. The maximum atomic E-state index is 5.70. The highest BCUT2D eigenvalue weighted by atomic mass is 16.6. The molecule has 23 heavy (non-hydrogen) atoms. The number of hydrogen-bond acceptors (Lipinski definition) is 4. The summed E-state index contributed by atoms with van der Waals surface area (Å²) < 4.78 is 11.4. The molecule has 0 N–H and O–H groups in total. The predicted molar refractivity (Wildman–Crippen MR) is 96.1 cm³/mol. The summed E-state index contributed by atoms with van der Waals surface area (Å²) in [4.78, 5) is 4.26. The summed E-state index contributed by atoms with van der Waals surface area (Å²) in [5, 5.41) is 0. The van der Waals surface area contributed by atoms with Gasteiger partial charge in [-0.25, -0.2) is 0 Å². The molecule has 0 heterocycles. The molecule has 0 atom stereocenters. The fourth-order valence-electron chi connectivity index (χ4n) is 2.36. The van der Waals surface area contributed by atoms with Gasteiger partial charge in [0.2, 0.25) is 0 Å². The van der Waals surface area contributed by atoms with Crippen LogP contribution in [0.1, 0.15) is 11.1 Å². The van der Waals surface area contributed by atoms with Crippen molar-refractivity contribution in [2.24, 2.45) is 0 Å². The van der Waals surface area contributed by atoms with Crippen LogP contribution < -0.4 is 9.31 Å². The molecule has 0 saturated heterocycles. The van der Waals surface area contributed by atoms with Crippen molar-refractivity contribution in [1.82, 2.24) is 9.80 Å². The average Bonchev–Trinajstić information content (AvgIpc) is 2.46. The van der Waals surface area contributed by atoms with Crippen molar-refractivity contribution in [1.29, 1.82) is 0 Å². The molecule has 0 aliphatic carbocycles. The van der Waals surface area contributed by atoms with E-state index < -0.39 is 0 Å². The van der Waals surface area contributed by atoms with Gasteiger partial charge >= 0.3 is 7.69 Å². The van der Waals surface area contributed by atoms with Crippen molar-refractivity contribution in [3.63, 3.8) is 0 Å². The van der Waals surface area contributed by atoms with Crippen molar-refractivity contribution in [3.05, 3.63) is 59.7 Å². The lowest BCUT2D eigenvalue weighted by molar-refractivity contribution is 0.400. The molecule has 0 saturated carbocycles. The number of nitrogens with zero attached hydrogens (tertiary/aromatic N) is 2. The Morgan fingerprint density at radius 3 is 1.57 bits per heavy atom. The summed E-state index contributed by atoms with van der Waals surface area (Å²) in [5.74, 6) is 1.66. The van der Waals surface area contributed by atoms with Crippen LogP contribution in [0.3, 0.4) is 0 Å². The van der Waals surface area contributed by atoms with Crippen molar-refractivity contribution >= 4 is 7.69 Å². The van der Waals surface area contributed by atoms with E-state index in [1.54, 1.807) is 0 Å². The molecule has 0 fully saturated rings. The summed E-state index contributed by atoms with van der Waals surface area (Å²) in [5.41, 5.74) is 2.45. The molecule has 0 unspecified atom stereocenters. The van der Waals surface area contributed by atoms with Gasteiger partial charge in [-0.1, -0.05) is 24.3 Å². The molecule has 0 spiro atoms. The van der Waals surface area contributed by atoms with Crippen LogP contribution in [0.25, 0.3) is 0 Å². The Morgan fingerprint density at radius 1 is 0.739 bits per heavy atom. The van der Waals surface area contributed by atoms with E-state index in [0.29, 0.717) is 0 Å². The Morgan fingerprint density at radius 2 is 1.17 bits per heavy atom. The second-order valence-electron chi connectivity index (χ2n) is 6.18. The summed E-state index contributed by atoms with van der Waals surface area (Å²) >= 11 is 0. The van der Waals surface area contributed by atoms with Crippen molar-refractivity contribution in [2.45, 2.75) is 13.1 Å². The zero-order valence-corrected chi connectivity index (χ0v) is 14.5. The predicted octanol–water partition coefficient (Wildman–Crippen LogP) is 2.53. The Labute approximate surface area is 139 Å². The van der Waals surface area contributed by atoms with E-state index in [9.17, 15) is 0 Å². The van der Waals surface area contributed by atoms with Gasteiger partial charge in [0.15, 0.2) is 0 Å². The van der Waals surface area contributed by atoms with Gasteiger partial charge in [0.1, 0.15) is 11.5 Å². The molecule has 2 rings (SSSR count). The Hall–Kier alpha value is -1.98. The number of benzene rings is 2. The molecular weight excluding hydrogens is 287 g/mol. The molecule has 2 aromatic carbocycles. The molecule has 0 aromatic heterocycles. The lowest BCUT2D eigenvalue weighted by Gasteiger charge is -2.13. The molecule has 0 aliphatic heterocycles. The Kier molecular flexibility index (Phi) is 6.50. The smallest absolute Gasteiger partial charge is 0.529 e. The first-order valence-electron chi connectivity index (χ1n) is 7.76. The first kappa shape index (κ1) is 17.4. The summed E-state index contributed by atoms with van der Waals surface area (Å²) in [6.45, 7) is 1.79. The lowest BCUT2D eigenvalue weighted by Crippen LogP contribution is -2.13. The first-order valence-corrected chi connectivity index (χ1v) is 7.76. The molecule has 0 amide bonds. The minimum absolute atomic E-state index is 0.205. The van der Waals surface area contributed by atoms with Crippen molar-refractivity contribution < 1.29 is 9.31 Å². The normalized spacial score (nSPS) is 10.9. The number of hydrogen-bond donors (Lipinski definition) is 0. The van der Waals surface area contributed by atoms with Gasteiger partial charge in [-0.05, 0) is 63.6 Å². The van der Waals surface area contributed by atoms with Gasteiger partial charge < -0.3 is 19.1 Å². The average molecular weight is 312 g/mol. The van der Waals surface area contributed by atoms with Gasteiger partial charge in [0.25, 0.3) is 0 Å². The second kappa shape index (κ2) is 8.60. The van der Waals surface area contributed by atoms with E-state index >= 15 is 0 Å². The van der Waals surface area contributed by atoms with Gasteiger partial charge in [-0.2, -0.15) is 0 Å². The molecule has 4 nitrogen and oxygen atoms in total. The molecule has 122 valence electrons. The van der Waals surface area contributed by atoms with Crippen LogP contribution in [-0.4, -0.2) is 45.7 Å². The monoisotopic (exact) mass is 312 g/mol. The highest BCUT2D eigenvalue weighted by Gasteiger charge is 2.03. The number of rotatable bonds is 8. The highest BCUT2D eigenvalue weighted by molar-refractivity contribution is 6.20. The van der Waals surface area contributed by atoms with E-state index in [4.69, 9.17) is 9.31 Å². The highest BCUT2D eigenvalue weighted by Crippen LogP contribution is 2.16. The topological polar surface area (TPSA) is 24.9 Å². The zero-order chi connectivity index (χ0) is 16.7. The van der Waals surface area contributed by atoms with Crippen LogP contribution >= 0.6 is 0 Å². The maximum Gasteiger partial charge on any atom is 0.576 e. The van der Waals surface area contributed by atoms with E-state index in [0.717, 1.165) is 24.6 Å². The fraction of sp³-hybridized carbons (Fsp3) is 0.333. The van der Waals surface area contributed by atoms with Gasteiger partial charge in [-0.3, -0.25) is 0 Å². The van der Waals surface area contributed by atoms with Crippen LogP contribution in [0.2, 0.25) is 0 Å². The maximum absolute atomic E-state index is 5.70. The van der Waals surface area contributed by atoms with E-state index in [1.165, 1.54) is 11.1 Å². The zero-order valence-electron chi connectivity index (χ0n) is 14.5. The largest absolute Gasteiger partial charge is 0.576 e. The van der Waals surface area contributed by atoms with Crippen LogP contribution in [-0.2, 0) is 13.1 Å². The van der Waals surface area contributed by atoms with Crippen molar-refractivity contribution in [2.75, 3.05) is 28.2 Å². The van der Waals surface area contributed by atoms with E-state index in [1.807, 2.05) is 36.4 Å². The third-order valence-electron chi connectivity index (χ3n) is 3.25. The van der Waals surface area contributed by atoms with Crippen LogP contribution in [0.4, 0.5) is 0 Å². The molecule has 2 aromatic rings. The third-order valence-corrected chi connectivity index (χ3v) is 3.25. The molecule has 0 bridgehead atoms. The summed E-state index contributed by atoms with van der Waals surface area (Å²) in [6, 6.07) is 16.2. The van der Waals surface area contributed by atoms with Gasteiger partial charge in [0, 0.05) is 13.1 Å². The summed E-state index contributed by atoms with van der Waals surface area (Å²) in [7, 11) is 8.42. The van der Waals surface area contributed by atoms with Crippen LogP contribution in [0, 0.1) is 0 Å². The van der Waals surface area contributed by atoms with Gasteiger partial charge in [0.05, 0.1) is 0 Å². The quantitative estimate of drug-likeness (QED) is 0.699. The van der Waals surface area contributed by atoms with Crippen molar-refractivity contribution in [3.8, 4) is 11.5 Å². The first-order chi connectivity index (χ1) is 11.0.